The monoisotopic (exact) mass is 248 g/mol. The van der Waals surface area contributed by atoms with E-state index in [1.54, 1.807) is 0 Å². The van der Waals surface area contributed by atoms with Crippen LogP contribution in [0.4, 0.5) is 0 Å². The van der Waals surface area contributed by atoms with Crippen LogP contribution in [0.1, 0.15) is 50.6 Å². The third-order valence-corrected chi connectivity index (χ3v) is 3.43. The molecular formula is C16H28N2. The highest BCUT2D eigenvalue weighted by atomic mass is 15.1. The minimum Gasteiger partial charge on any atom is -0.324 e. The third kappa shape index (κ3) is 6.18. The molecule has 0 spiro atoms. The highest BCUT2D eigenvalue weighted by Gasteiger charge is 2.05. The second kappa shape index (κ2) is 9.12. The molecule has 0 aliphatic rings. The molecule has 0 radical (unpaired) electrons. The first kappa shape index (κ1) is 15.2. The quantitative estimate of drug-likeness (QED) is 0.677. The lowest BCUT2D eigenvalue weighted by Crippen LogP contribution is -2.22. The summed E-state index contributed by atoms with van der Waals surface area (Å²) in [7, 11) is 2.21. The predicted octanol–water partition coefficient (Wildman–Crippen LogP) is 3.59. The number of hydrogen-bond acceptors (Lipinski definition) is 2. The second-order valence-corrected chi connectivity index (χ2v) is 5.17. The van der Waals surface area contributed by atoms with Crippen LogP contribution in [0, 0.1) is 0 Å². The van der Waals surface area contributed by atoms with Gasteiger partial charge in [0.05, 0.1) is 0 Å². The molecule has 2 nitrogen and oxygen atoms in total. The van der Waals surface area contributed by atoms with E-state index in [1.807, 2.05) is 6.07 Å². The van der Waals surface area contributed by atoms with Crippen LogP contribution >= 0.6 is 0 Å². The van der Waals surface area contributed by atoms with Crippen molar-refractivity contribution in [2.24, 2.45) is 5.73 Å². The zero-order valence-electron chi connectivity index (χ0n) is 11.9. The van der Waals surface area contributed by atoms with E-state index in [4.69, 9.17) is 5.73 Å². The van der Waals surface area contributed by atoms with Crippen molar-refractivity contribution in [1.82, 2.24) is 4.90 Å². The van der Waals surface area contributed by atoms with Gasteiger partial charge in [-0.05, 0) is 45.0 Å². The van der Waals surface area contributed by atoms with Crippen molar-refractivity contribution in [2.45, 2.75) is 45.1 Å². The molecule has 0 bridgehead atoms. The lowest BCUT2D eigenvalue weighted by Gasteiger charge is -2.18. The molecule has 0 amide bonds. The fourth-order valence-electron chi connectivity index (χ4n) is 2.19. The van der Waals surface area contributed by atoms with Crippen molar-refractivity contribution in [3.05, 3.63) is 35.9 Å². The van der Waals surface area contributed by atoms with Gasteiger partial charge in [0.2, 0.25) is 0 Å². The molecule has 2 N–H and O–H groups in total. The summed E-state index contributed by atoms with van der Waals surface area (Å²) in [4.78, 5) is 2.42. The van der Waals surface area contributed by atoms with Crippen LogP contribution in [-0.4, -0.2) is 25.0 Å². The number of unbranched alkanes of at least 4 members (excludes halogenated alkanes) is 2. The normalized spacial score (nSPS) is 12.9. The second-order valence-electron chi connectivity index (χ2n) is 5.17. The van der Waals surface area contributed by atoms with E-state index >= 15 is 0 Å². The van der Waals surface area contributed by atoms with Crippen LogP contribution in [0.5, 0.6) is 0 Å². The molecule has 0 heterocycles. The zero-order valence-corrected chi connectivity index (χ0v) is 11.9. The molecular weight excluding hydrogens is 220 g/mol. The van der Waals surface area contributed by atoms with Crippen LogP contribution in [0.15, 0.2) is 30.3 Å². The number of rotatable bonds is 9. The van der Waals surface area contributed by atoms with Crippen molar-refractivity contribution in [2.75, 3.05) is 20.1 Å². The Balaban J connectivity index is 2.13. The predicted molar refractivity (Wildman–Crippen MR) is 79.6 cm³/mol. The van der Waals surface area contributed by atoms with E-state index in [9.17, 15) is 0 Å². The summed E-state index contributed by atoms with van der Waals surface area (Å²) in [5, 5.41) is 0. The summed E-state index contributed by atoms with van der Waals surface area (Å²) in [6.45, 7) is 4.62. The molecule has 1 rings (SSSR count). The Morgan fingerprint density at radius 2 is 1.72 bits per heavy atom. The van der Waals surface area contributed by atoms with E-state index < -0.39 is 0 Å². The SMILES string of the molecule is CCCCCN(C)CCCC(N)c1ccccc1. The average molecular weight is 248 g/mol. The Morgan fingerprint density at radius 1 is 1.06 bits per heavy atom. The third-order valence-electron chi connectivity index (χ3n) is 3.43. The van der Waals surface area contributed by atoms with Gasteiger partial charge in [-0.25, -0.2) is 0 Å². The lowest BCUT2D eigenvalue weighted by molar-refractivity contribution is 0.314. The van der Waals surface area contributed by atoms with Crippen molar-refractivity contribution in [1.29, 1.82) is 0 Å². The van der Waals surface area contributed by atoms with Gasteiger partial charge >= 0.3 is 0 Å². The van der Waals surface area contributed by atoms with Crippen LogP contribution in [0.2, 0.25) is 0 Å². The summed E-state index contributed by atoms with van der Waals surface area (Å²) in [5.74, 6) is 0. The van der Waals surface area contributed by atoms with E-state index in [1.165, 1.54) is 37.8 Å². The Kier molecular flexibility index (Phi) is 7.70. The molecule has 18 heavy (non-hydrogen) atoms. The molecule has 0 fully saturated rings. The standard InChI is InChI=1S/C16H28N2/c1-3-4-8-13-18(2)14-9-12-16(17)15-10-6-5-7-11-15/h5-7,10-11,16H,3-4,8-9,12-14,17H2,1-2H3. The Labute approximate surface area is 112 Å². The van der Waals surface area contributed by atoms with Crippen molar-refractivity contribution in [3.63, 3.8) is 0 Å². The van der Waals surface area contributed by atoms with Crippen molar-refractivity contribution >= 4 is 0 Å². The topological polar surface area (TPSA) is 29.3 Å². The van der Waals surface area contributed by atoms with Gasteiger partial charge in [-0.15, -0.1) is 0 Å². The van der Waals surface area contributed by atoms with Gasteiger partial charge in [0.25, 0.3) is 0 Å². The number of nitrogens with two attached hydrogens (primary N) is 1. The highest BCUT2D eigenvalue weighted by Crippen LogP contribution is 2.15. The molecule has 0 aliphatic heterocycles. The van der Waals surface area contributed by atoms with Gasteiger partial charge in [-0.1, -0.05) is 50.1 Å². The Hall–Kier alpha value is -0.860. The van der Waals surface area contributed by atoms with Gasteiger partial charge in [0, 0.05) is 6.04 Å². The Morgan fingerprint density at radius 3 is 2.39 bits per heavy atom. The van der Waals surface area contributed by atoms with Gasteiger partial charge in [-0.2, -0.15) is 0 Å². The molecule has 102 valence electrons. The fourth-order valence-corrected chi connectivity index (χ4v) is 2.19. The molecule has 0 aromatic heterocycles. The summed E-state index contributed by atoms with van der Waals surface area (Å²) in [5.41, 5.74) is 7.44. The molecule has 0 aliphatic carbocycles. The van der Waals surface area contributed by atoms with E-state index in [-0.39, 0.29) is 6.04 Å². The largest absolute Gasteiger partial charge is 0.324 e. The molecule has 1 unspecified atom stereocenters. The minimum absolute atomic E-state index is 0.190. The number of nitrogens with zero attached hydrogens (tertiary/aromatic N) is 1. The van der Waals surface area contributed by atoms with Gasteiger partial charge in [0.1, 0.15) is 0 Å². The molecule has 2 heteroatoms. The highest BCUT2D eigenvalue weighted by molar-refractivity contribution is 5.18. The number of benzene rings is 1. The van der Waals surface area contributed by atoms with Crippen molar-refractivity contribution < 1.29 is 0 Å². The summed E-state index contributed by atoms with van der Waals surface area (Å²) < 4.78 is 0. The minimum atomic E-state index is 0.190. The lowest BCUT2D eigenvalue weighted by atomic mass is 10.0. The van der Waals surface area contributed by atoms with Crippen LogP contribution in [0.25, 0.3) is 0 Å². The molecule has 1 aromatic rings. The average Bonchev–Trinajstić information content (AvgIpc) is 2.40. The van der Waals surface area contributed by atoms with E-state index in [0.717, 1.165) is 13.0 Å². The van der Waals surface area contributed by atoms with Gasteiger partial charge in [0.15, 0.2) is 0 Å². The fraction of sp³-hybridized carbons (Fsp3) is 0.625. The van der Waals surface area contributed by atoms with Gasteiger partial charge < -0.3 is 10.6 Å². The van der Waals surface area contributed by atoms with E-state index in [2.05, 4.69) is 43.1 Å². The van der Waals surface area contributed by atoms with Crippen molar-refractivity contribution in [3.8, 4) is 0 Å². The zero-order chi connectivity index (χ0) is 13.2. The maximum absolute atomic E-state index is 6.18. The molecule has 0 saturated heterocycles. The molecule has 1 atom stereocenters. The first-order valence-corrected chi connectivity index (χ1v) is 7.23. The maximum Gasteiger partial charge on any atom is 0.0295 e. The Bertz CT molecular complexity index is 297. The summed E-state index contributed by atoms with van der Waals surface area (Å²) >= 11 is 0. The van der Waals surface area contributed by atoms with Crippen LogP contribution in [-0.2, 0) is 0 Å². The van der Waals surface area contributed by atoms with E-state index in [0.29, 0.717) is 0 Å². The van der Waals surface area contributed by atoms with Gasteiger partial charge in [-0.3, -0.25) is 0 Å². The first-order valence-electron chi connectivity index (χ1n) is 7.23. The van der Waals surface area contributed by atoms with Crippen LogP contribution in [0.3, 0.4) is 0 Å². The molecule has 1 aromatic carbocycles. The summed E-state index contributed by atoms with van der Waals surface area (Å²) in [6, 6.07) is 10.6. The molecule has 0 saturated carbocycles. The maximum atomic E-state index is 6.18. The number of hydrogen-bond donors (Lipinski definition) is 1. The smallest absolute Gasteiger partial charge is 0.0295 e. The summed E-state index contributed by atoms with van der Waals surface area (Å²) in [6.07, 6.45) is 6.21. The first-order chi connectivity index (χ1) is 8.74. The van der Waals surface area contributed by atoms with Crippen LogP contribution < -0.4 is 5.73 Å².